The summed E-state index contributed by atoms with van der Waals surface area (Å²) in [5, 5.41) is 0. The Hall–Kier alpha value is -1.77. The van der Waals surface area contributed by atoms with Crippen LogP contribution in [0, 0.1) is 0 Å². The predicted octanol–water partition coefficient (Wildman–Crippen LogP) is 4.42. The lowest BCUT2D eigenvalue weighted by Gasteiger charge is -2.23. The van der Waals surface area contributed by atoms with Gasteiger partial charge in [0, 0.05) is 48.7 Å². The van der Waals surface area contributed by atoms with Crippen molar-refractivity contribution in [2.45, 2.75) is 36.5 Å². The number of benzene rings is 1. The molecule has 1 atom stereocenters. The largest absolute Gasteiger partial charge is 0.446 e. The van der Waals surface area contributed by atoms with Gasteiger partial charge in [-0.3, -0.25) is 9.88 Å². The third-order valence-corrected chi connectivity index (χ3v) is 5.50. The van der Waals surface area contributed by atoms with Gasteiger partial charge in [-0.2, -0.15) is 13.2 Å². The third kappa shape index (κ3) is 5.62. The summed E-state index contributed by atoms with van der Waals surface area (Å²) in [5.74, 6) is 0. The lowest BCUT2D eigenvalue weighted by molar-refractivity contribution is -0.0328. The fourth-order valence-electron chi connectivity index (χ4n) is 3.41. The number of thioether (sulfide) groups is 1. The van der Waals surface area contributed by atoms with Crippen LogP contribution in [-0.2, 0) is 13.1 Å². The van der Waals surface area contributed by atoms with Crippen molar-refractivity contribution in [3.63, 3.8) is 0 Å². The van der Waals surface area contributed by atoms with Crippen molar-refractivity contribution in [2.75, 3.05) is 32.2 Å². The second-order valence-electron chi connectivity index (χ2n) is 7.38. The van der Waals surface area contributed by atoms with Crippen LogP contribution >= 0.6 is 11.8 Å². The first-order valence-corrected chi connectivity index (χ1v) is 9.94. The van der Waals surface area contributed by atoms with E-state index in [2.05, 4.69) is 32.7 Å². The minimum Gasteiger partial charge on any atom is -0.357 e. The zero-order chi connectivity index (χ0) is 20.3. The average molecular weight is 411 g/mol. The second kappa shape index (κ2) is 8.71. The molecule has 1 unspecified atom stereocenters. The molecule has 1 aliphatic rings. The monoisotopic (exact) mass is 410 g/mol. The molecule has 3 rings (SSSR count). The lowest BCUT2D eigenvalue weighted by Crippen LogP contribution is -2.29. The standard InChI is InChI=1S/C20H25F3N4S/c1-15-11-27(18-4-6-19(7-5-18)28-20(21,22)23)14-26(15)13-16-8-9-24-10-17(16)12-25(2)3/h4-10,15H,11-14H2,1-3H3. The Balaban J connectivity index is 1.66. The van der Waals surface area contributed by atoms with Crippen LogP contribution in [0.4, 0.5) is 18.9 Å². The van der Waals surface area contributed by atoms with E-state index in [9.17, 15) is 13.2 Å². The summed E-state index contributed by atoms with van der Waals surface area (Å²) in [7, 11) is 4.08. The van der Waals surface area contributed by atoms with Gasteiger partial charge in [-0.15, -0.1) is 0 Å². The summed E-state index contributed by atoms with van der Waals surface area (Å²) in [5.41, 5.74) is -0.833. The summed E-state index contributed by atoms with van der Waals surface area (Å²) >= 11 is -0.0776. The summed E-state index contributed by atoms with van der Waals surface area (Å²) in [6.07, 6.45) is 3.74. The first-order valence-electron chi connectivity index (χ1n) is 9.12. The van der Waals surface area contributed by atoms with E-state index in [-0.39, 0.29) is 16.7 Å². The molecule has 8 heteroatoms. The Morgan fingerprint density at radius 1 is 1.14 bits per heavy atom. The van der Waals surface area contributed by atoms with E-state index in [1.807, 2.05) is 26.5 Å². The van der Waals surface area contributed by atoms with Crippen LogP contribution in [-0.4, -0.2) is 53.6 Å². The van der Waals surface area contributed by atoms with E-state index < -0.39 is 5.51 Å². The number of hydrogen-bond acceptors (Lipinski definition) is 5. The number of hydrogen-bond donors (Lipinski definition) is 0. The number of nitrogens with zero attached hydrogens (tertiary/aromatic N) is 4. The molecule has 0 N–H and O–H groups in total. The normalized spacial score (nSPS) is 18.2. The van der Waals surface area contributed by atoms with Gasteiger partial charge in [0.05, 0.1) is 6.67 Å². The van der Waals surface area contributed by atoms with Gasteiger partial charge < -0.3 is 9.80 Å². The second-order valence-corrected chi connectivity index (χ2v) is 8.52. The highest BCUT2D eigenvalue weighted by Gasteiger charge is 2.30. The third-order valence-electron chi connectivity index (χ3n) is 4.76. The van der Waals surface area contributed by atoms with Crippen molar-refractivity contribution in [3.05, 3.63) is 53.9 Å². The van der Waals surface area contributed by atoms with Crippen LogP contribution in [0.25, 0.3) is 0 Å². The molecule has 0 amide bonds. The molecule has 0 spiro atoms. The van der Waals surface area contributed by atoms with Gasteiger partial charge in [0.25, 0.3) is 0 Å². The molecule has 152 valence electrons. The van der Waals surface area contributed by atoms with Crippen molar-refractivity contribution in [3.8, 4) is 0 Å². The zero-order valence-corrected chi connectivity index (χ0v) is 17.1. The average Bonchev–Trinajstić information content (AvgIpc) is 2.96. The minimum absolute atomic E-state index is 0.0776. The first-order chi connectivity index (χ1) is 13.2. The molecule has 1 fully saturated rings. The van der Waals surface area contributed by atoms with E-state index in [0.717, 1.165) is 32.0 Å². The van der Waals surface area contributed by atoms with Crippen LogP contribution in [0.1, 0.15) is 18.1 Å². The highest BCUT2D eigenvalue weighted by atomic mass is 32.2. The Kier molecular flexibility index (Phi) is 6.52. The van der Waals surface area contributed by atoms with Crippen molar-refractivity contribution in [1.29, 1.82) is 0 Å². The molecule has 2 heterocycles. The fourth-order valence-corrected chi connectivity index (χ4v) is 3.95. The lowest BCUT2D eigenvalue weighted by atomic mass is 10.1. The first kappa shape index (κ1) is 21.0. The molecule has 2 aromatic rings. The summed E-state index contributed by atoms with van der Waals surface area (Å²) in [4.78, 5) is 11.2. The van der Waals surface area contributed by atoms with E-state index >= 15 is 0 Å². The molecule has 1 saturated heterocycles. The molecule has 1 aromatic heterocycles. The van der Waals surface area contributed by atoms with E-state index in [4.69, 9.17) is 0 Å². The van der Waals surface area contributed by atoms with Crippen molar-refractivity contribution >= 4 is 17.4 Å². The number of rotatable bonds is 6. The Bertz CT molecular complexity index is 780. The molecule has 0 radical (unpaired) electrons. The van der Waals surface area contributed by atoms with Crippen LogP contribution in [0.3, 0.4) is 0 Å². The summed E-state index contributed by atoms with van der Waals surface area (Å²) < 4.78 is 37.5. The molecule has 4 nitrogen and oxygen atoms in total. The number of aromatic nitrogens is 1. The highest BCUT2D eigenvalue weighted by molar-refractivity contribution is 8.00. The molecule has 1 aromatic carbocycles. The van der Waals surface area contributed by atoms with Gasteiger partial charge in [-0.1, -0.05) is 0 Å². The van der Waals surface area contributed by atoms with E-state index in [1.165, 1.54) is 11.1 Å². The topological polar surface area (TPSA) is 22.6 Å². The summed E-state index contributed by atoms with van der Waals surface area (Å²) in [6, 6.07) is 9.04. The van der Waals surface area contributed by atoms with Crippen molar-refractivity contribution in [1.82, 2.24) is 14.8 Å². The van der Waals surface area contributed by atoms with Gasteiger partial charge in [0.15, 0.2) is 0 Å². The maximum atomic E-state index is 12.5. The SMILES string of the molecule is CC1CN(c2ccc(SC(F)(F)F)cc2)CN1Cc1ccncc1CN(C)C. The van der Waals surface area contributed by atoms with Gasteiger partial charge in [-0.25, -0.2) is 0 Å². The van der Waals surface area contributed by atoms with E-state index in [0.29, 0.717) is 6.04 Å². The number of anilines is 1. The fraction of sp³-hybridized carbons (Fsp3) is 0.450. The Morgan fingerprint density at radius 3 is 2.50 bits per heavy atom. The van der Waals surface area contributed by atoms with Gasteiger partial charge in [-0.05, 0) is 74.2 Å². The smallest absolute Gasteiger partial charge is 0.357 e. The van der Waals surface area contributed by atoms with Gasteiger partial charge in [0.2, 0.25) is 0 Å². The maximum absolute atomic E-state index is 12.5. The van der Waals surface area contributed by atoms with Crippen LogP contribution in [0.5, 0.6) is 0 Å². The van der Waals surface area contributed by atoms with Crippen molar-refractivity contribution in [2.24, 2.45) is 0 Å². The Morgan fingerprint density at radius 2 is 1.86 bits per heavy atom. The Labute approximate surface area is 168 Å². The van der Waals surface area contributed by atoms with E-state index in [1.54, 1.807) is 24.3 Å². The number of alkyl halides is 3. The van der Waals surface area contributed by atoms with Gasteiger partial charge in [0.1, 0.15) is 0 Å². The number of halogens is 3. The van der Waals surface area contributed by atoms with Crippen LogP contribution < -0.4 is 4.90 Å². The highest BCUT2D eigenvalue weighted by Crippen LogP contribution is 2.37. The van der Waals surface area contributed by atoms with Gasteiger partial charge >= 0.3 is 5.51 Å². The van der Waals surface area contributed by atoms with Crippen molar-refractivity contribution < 1.29 is 13.2 Å². The minimum atomic E-state index is -4.25. The number of pyridine rings is 1. The summed E-state index contributed by atoms with van der Waals surface area (Å²) in [6.45, 7) is 5.44. The van der Waals surface area contributed by atoms with Crippen LogP contribution in [0.15, 0.2) is 47.6 Å². The molecular weight excluding hydrogens is 385 g/mol. The molecular formula is C20H25F3N4S. The molecule has 0 bridgehead atoms. The van der Waals surface area contributed by atoms with Crippen LogP contribution in [0.2, 0.25) is 0 Å². The predicted molar refractivity (Wildman–Crippen MR) is 107 cm³/mol. The molecule has 28 heavy (non-hydrogen) atoms. The quantitative estimate of drug-likeness (QED) is 0.656. The maximum Gasteiger partial charge on any atom is 0.446 e. The molecule has 0 saturated carbocycles. The zero-order valence-electron chi connectivity index (χ0n) is 16.3. The molecule has 0 aliphatic carbocycles. The molecule has 1 aliphatic heterocycles.